The van der Waals surface area contributed by atoms with Crippen molar-refractivity contribution >= 4 is 29.1 Å². The van der Waals surface area contributed by atoms with E-state index in [9.17, 15) is 9.18 Å². The smallest absolute Gasteiger partial charge is 0.251 e. The Balaban J connectivity index is 1.54. The minimum absolute atomic E-state index is 0.116. The molecule has 4 aromatic rings. The van der Waals surface area contributed by atoms with E-state index in [1.165, 1.54) is 17.7 Å². The van der Waals surface area contributed by atoms with Crippen molar-refractivity contribution < 1.29 is 9.18 Å². The van der Waals surface area contributed by atoms with Gasteiger partial charge in [0.2, 0.25) is 0 Å². The number of nitrogens with one attached hydrogen (secondary N) is 1. The third-order valence-electron chi connectivity index (χ3n) is 5.87. The fourth-order valence-electron chi connectivity index (χ4n) is 4.01. The molecule has 0 saturated heterocycles. The number of carbonyl (C=O) groups excluding carboxylic acids is 1. The van der Waals surface area contributed by atoms with E-state index in [-0.39, 0.29) is 17.8 Å². The van der Waals surface area contributed by atoms with Crippen LogP contribution < -0.4 is 5.32 Å². The molecule has 0 fully saturated rings. The fourth-order valence-corrected chi connectivity index (χ4v) is 4.99. The molecular weight excluding hydrogens is 443 g/mol. The molecule has 0 bridgehead atoms. The molecule has 1 amide bonds. The zero-order chi connectivity index (χ0) is 23.5. The number of amides is 1. The topological polar surface area (TPSA) is 41.5 Å². The molecule has 5 rings (SSSR count). The third kappa shape index (κ3) is 4.66. The van der Waals surface area contributed by atoms with Gasteiger partial charge in [0.15, 0.2) is 0 Å². The first-order valence-electron chi connectivity index (χ1n) is 11.1. The van der Waals surface area contributed by atoms with E-state index in [2.05, 4.69) is 11.4 Å². The summed E-state index contributed by atoms with van der Waals surface area (Å²) in [4.78, 5) is 19.1. The van der Waals surface area contributed by atoms with E-state index in [0.29, 0.717) is 5.56 Å². The highest BCUT2D eigenvalue weighted by atomic mass is 32.2. The van der Waals surface area contributed by atoms with Gasteiger partial charge in [0.05, 0.1) is 17.4 Å². The number of nitrogens with zero attached hydrogens (tertiary/aromatic N) is 1. The molecule has 0 spiro atoms. The first kappa shape index (κ1) is 22.1. The summed E-state index contributed by atoms with van der Waals surface area (Å²) >= 11 is 1.70. The average Bonchev–Trinajstić information content (AvgIpc) is 2.86. The zero-order valence-corrected chi connectivity index (χ0v) is 19.5. The van der Waals surface area contributed by atoms with Crippen LogP contribution >= 0.6 is 11.8 Å². The molecule has 1 unspecified atom stereocenters. The summed E-state index contributed by atoms with van der Waals surface area (Å²) in [7, 11) is 0. The fraction of sp³-hybridized carbons (Fsp3) is 0.103. The number of hydrogen-bond donors (Lipinski definition) is 1. The van der Waals surface area contributed by atoms with Crippen molar-refractivity contribution in [2.45, 2.75) is 23.6 Å². The molecule has 168 valence electrons. The second kappa shape index (κ2) is 9.65. The van der Waals surface area contributed by atoms with Crippen LogP contribution in [0, 0.1) is 5.82 Å². The highest BCUT2D eigenvalue weighted by Gasteiger charge is 2.19. The largest absolute Gasteiger partial charge is 0.346 e. The summed E-state index contributed by atoms with van der Waals surface area (Å²) in [6, 6.07) is 29.9. The molecule has 1 aliphatic heterocycles. The Labute approximate surface area is 202 Å². The van der Waals surface area contributed by atoms with Crippen molar-refractivity contribution in [1.82, 2.24) is 5.32 Å². The lowest BCUT2D eigenvalue weighted by Gasteiger charge is -2.18. The van der Waals surface area contributed by atoms with Crippen LogP contribution in [0.3, 0.4) is 0 Å². The lowest BCUT2D eigenvalue weighted by molar-refractivity contribution is 0.0940. The van der Waals surface area contributed by atoms with Gasteiger partial charge in [-0.1, -0.05) is 54.6 Å². The molecule has 1 N–H and O–H groups in total. The molecule has 4 aromatic carbocycles. The normalized spacial score (nSPS) is 13.5. The van der Waals surface area contributed by atoms with Crippen LogP contribution in [0.15, 0.2) is 107 Å². The van der Waals surface area contributed by atoms with Gasteiger partial charge in [-0.3, -0.25) is 4.79 Å². The summed E-state index contributed by atoms with van der Waals surface area (Å²) in [6.07, 6.45) is 0. The van der Waals surface area contributed by atoms with E-state index in [4.69, 9.17) is 4.99 Å². The summed E-state index contributed by atoms with van der Waals surface area (Å²) in [5.41, 5.74) is 6.12. The van der Waals surface area contributed by atoms with Crippen molar-refractivity contribution in [1.29, 1.82) is 0 Å². The number of thioether (sulfide) groups is 1. The second-order valence-electron chi connectivity index (χ2n) is 8.20. The Hall–Kier alpha value is -3.70. The molecule has 0 aliphatic carbocycles. The van der Waals surface area contributed by atoms with Gasteiger partial charge in [0, 0.05) is 27.3 Å². The SMILES string of the molecule is CC(NC(=O)c1ccc2c(c1)N=C(c1ccc(F)cc1)c1ccccc1CS2)c1ccccc1. The number of halogens is 1. The Morgan fingerprint density at radius 1 is 0.941 bits per heavy atom. The zero-order valence-electron chi connectivity index (χ0n) is 18.7. The molecule has 0 aromatic heterocycles. The van der Waals surface area contributed by atoms with Crippen LogP contribution in [0.1, 0.15) is 45.6 Å². The second-order valence-corrected chi connectivity index (χ2v) is 9.22. The molecule has 3 nitrogen and oxygen atoms in total. The average molecular weight is 467 g/mol. The van der Waals surface area contributed by atoms with Crippen LogP contribution in [0.2, 0.25) is 0 Å². The molecule has 34 heavy (non-hydrogen) atoms. The van der Waals surface area contributed by atoms with E-state index >= 15 is 0 Å². The highest BCUT2D eigenvalue weighted by Crippen LogP contribution is 2.37. The molecule has 5 heteroatoms. The van der Waals surface area contributed by atoms with Gasteiger partial charge in [-0.15, -0.1) is 11.8 Å². The summed E-state index contributed by atoms with van der Waals surface area (Å²) in [6.45, 7) is 1.97. The maximum atomic E-state index is 13.6. The Bertz CT molecular complexity index is 1370. The summed E-state index contributed by atoms with van der Waals surface area (Å²) < 4.78 is 13.6. The number of carbonyl (C=O) groups is 1. The summed E-state index contributed by atoms with van der Waals surface area (Å²) in [5, 5.41) is 3.08. The molecule has 1 atom stereocenters. The molecular formula is C29H23FN2OS. The van der Waals surface area contributed by atoms with Crippen LogP contribution in [0.4, 0.5) is 10.1 Å². The van der Waals surface area contributed by atoms with E-state index < -0.39 is 0 Å². The van der Waals surface area contributed by atoms with Gasteiger partial charge in [0.25, 0.3) is 5.91 Å². The van der Waals surface area contributed by atoms with Crippen molar-refractivity contribution in [3.8, 4) is 0 Å². The van der Waals surface area contributed by atoms with Crippen molar-refractivity contribution in [2.75, 3.05) is 0 Å². The van der Waals surface area contributed by atoms with Gasteiger partial charge in [-0.2, -0.15) is 0 Å². The molecule has 0 radical (unpaired) electrons. The molecule has 1 heterocycles. The van der Waals surface area contributed by atoms with Crippen molar-refractivity contribution in [3.63, 3.8) is 0 Å². The maximum absolute atomic E-state index is 13.6. The molecule has 0 saturated carbocycles. The van der Waals surface area contributed by atoms with Gasteiger partial charge in [-0.25, -0.2) is 9.38 Å². The van der Waals surface area contributed by atoms with Crippen molar-refractivity contribution in [2.24, 2.45) is 4.99 Å². The van der Waals surface area contributed by atoms with Gasteiger partial charge < -0.3 is 5.32 Å². The van der Waals surface area contributed by atoms with Gasteiger partial charge in [-0.05, 0) is 60.5 Å². The Kier molecular flexibility index (Phi) is 6.28. The van der Waals surface area contributed by atoms with Crippen molar-refractivity contribution in [3.05, 3.63) is 131 Å². The Morgan fingerprint density at radius 2 is 1.68 bits per heavy atom. The maximum Gasteiger partial charge on any atom is 0.251 e. The molecule has 1 aliphatic rings. The van der Waals surface area contributed by atoms with E-state index in [1.807, 2.05) is 73.7 Å². The van der Waals surface area contributed by atoms with E-state index in [0.717, 1.165) is 38.7 Å². The van der Waals surface area contributed by atoms with Crippen LogP contribution in [-0.4, -0.2) is 11.6 Å². The predicted molar refractivity (Wildman–Crippen MR) is 136 cm³/mol. The number of fused-ring (bicyclic) bond motifs is 2. The standard InChI is InChI=1S/C29H23FN2OS/c1-19(20-7-3-2-4-8-20)31-29(33)22-13-16-27-26(17-22)32-28(21-11-14-24(30)15-12-21)25-10-6-5-9-23(25)18-34-27/h2-17,19H,18H2,1H3,(H,31,33). The highest BCUT2D eigenvalue weighted by molar-refractivity contribution is 7.98. The quantitative estimate of drug-likeness (QED) is 0.349. The first-order chi connectivity index (χ1) is 16.6. The van der Waals surface area contributed by atoms with Crippen LogP contribution in [0.5, 0.6) is 0 Å². The number of aliphatic imine (C=N–C) groups is 1. The van der Waals surface area contributed by atoms with Crippen LogP contribution in [-0.2, 0) is 5.75 Å². The first-order valence-corrected chi connectivity index (χ1v) is 12.1. The van der Waals surface area contributed by atoms with Gasteiger partial charge >= 0.3 is 0 Å². The van der Waals surface area contributed by atoms with Gasteiger partial charge in [0.1, 0.15) is 5.82 Å². The third-order valence-corrected chi connectivity index (χ3v) is 6.99. The number of hydrogen-bond acceptors (Lipinski definition) is 3. The van der Waals surface area contributed by atoms with Crippen LogP contribution in [0.25, 0.3) is 0 Å². The monoisotopic (exact) mass is 466 g/mol. The minimum atomic E-state index is -0.286. The number of rotatable bonds is 4. The number of benzene rings is 4. The lowest BCUT2D eigenvalue weighted by atomic mass is 9.97. The summed E-state index contributed by atoms with van der Waals surface area (Å²) in [5.74, 6) is 0.344. The predicted octanol–water partition coefficient (Wildman–Crippen LogP) is 7.09. The minimum Gasteiger partial charge on any atom is -0.346 e. The lowest BCUT2D eigenvalue weighted by Crippen LogP contribution is -2.26. The Morgan fingerprint density at radius 3 is 2.47 bits per heavy atom. The van der Waals surface area contributed by atoms with E-state index in [1.54, 1.807) is 23.9 Å².